The average molecular weight is 324 g/mol. The second-order valence-corrected chi connectivity index (χ2v) is 5.82. The van der Waals surface area contributed by atoms with E-state index in [9.17, 15) is 9.90 Å². The third-order valence-corrected chi connectivity index (χ3v) is 3.77. The first-order chi connectivity index (χ1) is 11.0. The van der Waals surface area contributed by atoms with Crippen molar-refractivity contribution in [2.45, 2.75) is 45.9 Å². The van der Waals surface area contributed by atoms with Crippen LogP contribution < -0.4 is 5.32 Å². The lowest BCUT2D eigenvalue weighted by atomic mass is 10.1. The summed E-state index contributed by atoms with van der Waals surface area (Å²) in [6.45, 7) is 6.88. The van der Waals surface area contributed by atoms with Gasteiger partial charge in [0.25, 0.3) is 5.91 Å². The molecule has 0 unspecified atom stereocenters. The quantitative estimate of drug-likeness (QED) is 0.767. The first kappa shape index (κ1) is 17.7. The van der Waals surface area contributed by atoms with Crippen LogP contribution in [0.2, 0.25) is 0 Å². The summed E-state index contributed by atoms with van der Waals surface area (Å²) < 4.78 is 16.2. The number of carbonyl (C=O) groups is 1. The molecule has 1 saturated heterocycles. The lowest BCUT2D eigenvalue weighted by Crippen LogP contribution is -2.50. The Morgan fingerprint density at radius 3 is 3.00 bits per heavy atom. The molecule has 128 valence electrons. The first-order valence-corrected chi connectivity index (χ1v) is 7.72. The van der Waals surface area contributed by atoms with Gasteiger partial charge in [-0.05, 0) is 27.2 Å². The van der Waals surface area contributed by atoms with E-state index in [1.54, 1.807) is 6.92 Å². The Kier molecular flexibility index (Phi) is 6.32. The minimum Gasteiger partial charge on any atom is -0.391 e. The number of carbonyl (C=O) groups excluding carboxylic acids is 1. The number of nitrogens with zero attached hydrogens (tertiary/aromatic N) is 1. The number of aromatic nitrogens is 1. The molecular formula is C16H24N2O5. The number of nitrogens with one attached hydrogen (secondary N) is 1. The third-order valence-electron chi connectivity index (χ3n) is 3.77. The summed E-state index contributed by atoms with van der Waals surface area (Å²) in [5, 5.41) is 15.9. The Bertz CT molecular complexity index is 563. The van der Waals surface area contributed by atoms with Gasteiger partial charge < -0.3 is 24.4 Å². The Morgan fingerprint density at radius 1 is 1.52 bits per heavy atom. The third kappa shape index (κ3) is 4.63. The van der Waals surface area contributed by atoms with Gasteiger partial charge in [0.05, 0.1) is 37.5 Å². The molecule has 2 atom stereocenters. The topological polar surface area (TPSA) is 93.8 Å². The maximum Gasteiger partial charge on any atom is 0.274 e. The van der Waals surface area contributed by atoms with Gasteiger partial charge in [0, 0.05) is 6.61 Å². The minimum atomic E-state index is -0.391. The van der Waals surface area contributed by atoms with Crippen molar-refractivity contribution in [3.8, 4) is 0 Å². The number of rotatable bonds is 6. The van der Waals surface area contributed by atoms with Crippen molar-refractivity contribution >= 4 is 5.91 Å². The van der Waals surface area contributed by atoms with E-state index >= 15 is 0 Å². The minimum absolute atomic E-state index is 0.110. The molecule has 23 heavy (non-hydrogen) atoms. The largest absolute Gasteiger partial charge is 0.391 e. The van der Waals surface area contributed by atoms with Gasteiger partial charge >= 0.3 is 0 Å². The predicted molar refractivity (Wildman–Crippen MR) is 83.0 cm³/mol. The zero-order valence-electron chi connectivity index (χ0n) is 13.8. The fraction of sp³-hybridized carbons (Fsp3) is 0.625. The number of allylic oxidation sites excluding steroid dienone is 1. The number of aliphatic hydroxyl groups excluding tert-OH is 1. The fourth-order valence-electron chi connectivity index (χ4n) is 2.38. The molecule has 1 aliphatic heterocycles. The van der Waals surface area contributed by atoms with Gasteiger partial charge in [-0.25, -0.2) is 0 Å². The normalized spacial score (nSPS) is 21.0. The van der Waals surface area contributed by atoms with Crippen LogP contribution in [0.4, 0.5) is 0 Å². The number of hydrogen-bond donors (Lipinski definition) is 2. The maximum atomic E-state index is 12.4. The Hall–Kier alpha value is -1.70. The Labute approximate surface area is 135 Å². The van der Waals surface area contributed by atoms with E-state index in [2.05, 4.69) is 10.5 Å². The van der Waals surface area contributed by atoms with Crippen LogP contribution in [0.15, 0.2) is 16.2 Å². The smallest absolute Gasteiger partial charge is 0.274 e. The number of aliphatic hydroxyl groups is 1. The molecule has 0 spiro atoms. The van der Waals surface area contributed by atoms with E-state index in [1.807, 2.05) is 19.9 Å². The van der Waals surface area contributed by atoms with Crippen molar-refractivity contribution in [2.24, 2.45) is 0 Å². The molecule has 1 fully saturated rings. The highest BCUT2D eigenvalue weighted by Gasteiger charge is 2.30. The summed E-state index contributed by atoms with van der Waals surface area (Å²) in [6, 6.07) is -0.259. The molecule has 0 saturated carbocycles. The zero-order chi connectivity index (χ0) is 16.8. The molecule has 2 heterocycles. The lowest BCUT2D eigenvalue weighted by Gasteiger charge is -2.31. The summed E-state index contributed by atoms with van der Waals surface area (Å²) >= 11 is 0. The van der Waals surface area contributed by atoms with Crippen molar-refractivity contribution in [2.75, 3.05) is 19.8 Å². The Morgan fingerprint density at radius 2 is 2.30 bits per heavy atom. The van der Waals surface area contributed by atoms with Crippen LogP contribution in [-0.4, -0.2) is 48.1 Å². The zero-order valence-corrected chi connectivity index (χ0v) is 13.8. The molecule has 2 rings (SSSR count). The highest BCUT2D eigenvalue weighted by molar-refractivity contribution is 5.94. The van der Waals surface area contributed by atoms with Gasteiger partial charge in [0.1, 0.15) is 5.76 Å². The van der Waals surface area contributed by atoms with Crippen LogP contribution in [0.3, 0.4) is 0 Å². The fourth-order valence-corrected chi connectivity index (χ4v) is 2.38. The van der Waals surface area contributed by atoms with Gasteiger partial charge in [-0.15, -0.1) is 0 Å². The van der Waals surface area contributed by atoms with E-state index < -0.39 is 5.91 Å². The van der Waals surface area contributed by atoms with E-state index in [0.29, 0.717) is 37.6 Å². The van der Waals surface area contributed by atoms with Gasteiger partial charge in [0.15, 0.2) is 5.69 Å². The van der Waals surface area contributed by atoms with Crippen LogP contribution in [0.25, 0.3) is 0 Å². The van der Waals surface area contributed by atoms with Crippen molar-refractivity contribution in [1.29, 1.82) is 0 Å². The average Bonchev–Trinajstić information content (AvgIpc) is 2.89. The van der Waals surface area contributed by atoms with Crippen molar-refractivity contribution in [1.82, 2.24) is 10.5 Å². The summed E-state index contributed by atoms with van der Waals surface area (Å²) in [5.74, 6) is 0.0473. The predicted octanol–water partition coefficient (Wildman–Crippen LogP) is 1.35. The number of hydrogen-bond acceptors (Lipinski definition) is 6. The molecule has 1 amide bonds. The second-order valence-electron chi connectivity index (χ2n) is 5.82. The molecule has 0 aromatic carbocycles. The van der Waals surface area contributed by atoms with E-state index in [0.717, 1.165) is 0 Å². The van der Waals surface area contributed by atoms with E-state index in [-0.39, 0.29) is 24.4 Å². The highest BCUT2D eigenvalue weighted by Crippen LogP contribution is 2.16. The molecule has 0 bridgehead atoms. The summed E-state index contributed by atoms with van der Waals surface area (Å²) in [7, 11) is 0. The van der Waals surface area contributed by atoms with Crippen LogP contribution in [-0.2, 0) is 16.1 Å². The molecule has 1 aromatic heterocycles. The SMILES string of the molecule is CC(C)=CCO[C@H]1CCOC[C@H]1NC(=O)c1noc(C)c1CO. The van der Waals surface area contributed by atoms with Gasteiger partial charge in [0.2, 0.25) is 0 Å². The molecule has 7 heteroatoms. The number of ether oxygens (including phenoxy) is 2. The molecule has 1 aromatic rings. The molecule has 1 aliphatic rings. The standard InChI is InChI=1S/C16H24N2O5/c1-10(2)4-7-22-14-5-6-21-9-13(14)17-16(20)15-12(8-19)11(3)23-18-15/h4,13-14,19H,5-9H2,1-3H3,(H,17,20)/t13-,14+/m1/s1. The molecule has 0 aliphatic carbocycles. The monoisotopic (exact) mass is 324 g/mol. The second kappa shape index (κ2) is 8.24. The number of amides is 1. The van der Waals surface area contributed by atoms with E-state index in [1.165, 1.54) is 5.57 Å². The summed E-state index contributed by atoms with van der Waals surface area (Å²) in [6.07, 6.45) is 2.60. The number of aryl methyl sites for hydroxylation is 1. The van der Waals surface area contributed by atoms with Gasteiger partial charge in [-0.1, -0.05) is 16.8 Å². The molecule has 7 nitrogen and oxygen atoms in total. The van der Waals surface area contributed by atoms with Crippen LogP contribution in [0.1, 0.15) is 42.1 Å². The van der Waals surface area contributed by atoms with Gasteiger partial charge in [-0.3, -0.25) is 4.79 Å². The summed E-state index contributed by atoms with van der Waals surface area (Å²) in [4.78, 5) is 12.4. The first-order valence-electron chi connectivity index (χ1n) is 7.72. The molecular weight excluding hydrogens is 300 g/mol. The van der Waals surface area contributed by atoms with Crippen molar-refractivity contribution < 1.29 is 23.9 Å². The van der Waals surface area contributed by atoms with Crippen LogP contribution >= 0.6 is 0 Å². The molecule has 2 N–H and O–H groups in total. The molecule has 0 radical (unpaired) electrons. The van der Waals surface area contributed by atoms with Crippen LogP contribution in [0, 0.1) is 6.92 Å². The Balaban J connectivity index is 2.00. The maximum absolute atomic E-state index is 12.4. The van der Waals surface area contributed by atoms with Gasteiger partial charge in [-0.2, -0.15) is 0 Å². The van der Waals surface area contributed by atoms with Crippen molar-refractivity contribution in [3.05, 3.63) is 28.7 Å². The lowest BCUT2D eigenvalue weighted by molar-refractivity contribution is -0.0458. The summed E-state index contributed by atoms with van der Waals surface area (Å²) in [5.41, 5.74) is 1.70. The van der Waals surface area contributed by atoms with E-state index in [4.69, 9.17) is 14.0 Å². The van der Waals surface area contributed by atoms with Crippen molar-refractivity contribution in [3.63, 3.8) is 0 Å². The highest BCUT2D eigenvalue weighted by atomic mass is 16.5. The van der Waals surface area contributed by atoms with Crippen LogP contribution in [0.5, 0.6) is 0 Å².